The highest BCUT2D eigenvalue weighted by Gasteiger charge is 2.08. The first kappa shape index (κ1) is 9.31. The van der Waals surface area contributed by atoms with Gasteiger partial charge in [-0.3, -0.25) is 4.90 Å². The minimum atomic E-state index is -2.34. The summed E-state index contributed by atoms with van der Waals surface area (Å²) in [6.45, 7) is 2.03. The van der Waals surface area contributed by atoms with E-state index in [4.69, 9.17) is 5.26 Å². The molecule has 0 aromatic heterocycles. The Labute approximate surface area is 59.0 Å². The quantitative estimate of drug-likeness (QED) is 0.558. The topological polar surface area (TPSA) is 27.0 Å². The number of halogens is 2. The van der Waals surface area contributed by atoms with E-state index in [1.165, 1.54) is 4.90 Å². The predicted molar refractivity (Wildman–Crippen MR) is 33.7 cm³/mol. The Morgan fingerprint density at radius 3 is 2.50 bits per heavy atom. The van der Waals surface area contributed by atoms with Crippen molar-refractivity contribution in [2.45, 2.75) is 13.3 Å². The molecule has 0 fully saturated rings. The van der Waals surface area contributed by atoms with Gasteiger partial charge >= 0.3 is 0 Å². The number of hydrogen-bond donors (Lipinski definition) is 0. The summed E-state index contributed by atoms with van der Waals surface area (Å²) in [4.78, 5) is 1.39. The monoisotopic (exact) mass is 148 g/mol. The van der Waals surface area contributed by atoms with Crippen molar-refractivity contribution in [1.29, 1.82) is 5.26 Å². The molecule has 0 atom stereocenters. The second kappa shape index (κ2) is 5.12. The van der Waals surface area contributed by atoms with Gasteiger partial charge in [-0.1, -0.05) is 6.92 Å². The number of rotatable bonds is 4. The molecule has 0 aromatic carbocycles. The summed E-state index contributed by atoms with van der Waals surface area (Å²) in [5, 5.41) is 8.14. The predicted octanol–water partition coefficient (Wildman–Crippen LogP) is 1.10. The van der Waals surface area contributed by atoms with E-state index in [-0.39, 0.29) is 13.1 Å². The highest BCUT2D eigenvalue weighted by molar-refractivity contribution is 4.75. The zero-order chi connectivity index (χ0) is 7.98. The molecule has 0 saturated heterocycles. The zero-order valence-corrected chi connectivity index (χ0v) is 5.85. The Kier molecular flexibility index (Phi) is 4.77. The van der Waals surface area contributed by atoms with Crippen LogP contribution in [0.3, 0.4) is 0 Å². The third kappa shape index (κ3) is 4.21. The van der Waals surface area contributed by atoms with Crippen LogP contribution in [0.2, 0.25) is 0 Å². The van der Waals surface area contributed by atoms with Gasteiger partial charge in [0.15, 0.2) is 0 Å². The first-order valence-corrected chi connectivity index (χ1v) is 3.08. The summed E-state index contributed by atoms with van der Waals surface area (Å²) >= 11 is 0. The van der Waals surface area contributed by atoms with E-state index in [2.05, 4.69) is 0 Å². The lowest BCUT2D eigenvalue weighted by atomic mass is 10.5. The molecule has 10 heavy (non-hydrogen) atoms. The van der Waals surface area contributed by atoms with Gasteiger partial charge < -0.3 is 0 Å². The van der Waals surface area contributed by atoms with Crippen molar-refractivity contribution in [2.24, 2.45) is 0 Å². The summed E-state index contributed by atoms with van der Waals surface area (Å²) in [5.74, 6) is 0. The summed E-state index contributed by atoms with van der Waals surface area (Å²) in [5.41, 5.74) is 0. The Bertz CT molecular complexity index is 119. The Balaban J connectivity index is 3.52. The lowest BCUT2D eigenvalue weighted by Crippen LogP contribution is -2.28. The van der Waals surface area contributed by atoms with Crippen LogP contribution in [0.5, 0.6) is 0 Å². The smallest absolute Gasteiger partial charge is 0.251 e. The van der Waals surface area contributed by atoms with Crippen molar-refractivity contribution in [3.63, 3.8) is 0 Å². The first-order chi connectivity index (χ1) is 4.70. The maximum Gasteiger partial charge on any atom is 0.251 e. The van der Waals surface area contributed by atoms with Gasteiger partial charge in [-0.05, 0) is 6.54 Å². The zero-order valence-electron chi connectivity index (χ0n) is 5.85. The average Bonchev–Trinajstić information content (AvgIpc) is 1.86. The number of nitriles is 1. The van der Waals surface area contributed by atoms with Gasteiger partial charge in [0, 0.05) is 0 Å². The summed E-state index contributed by atoms with van der Waals surface area (Å²) in [6.07, 6.45) is -2.34. The van der Waals surface area contributed by atoms with Crippen LogP contribution in [0.1, 0.15) is 6.92 Å². The lowest BCUT2D eigenvalue weighted by Gasteiger charge is -2.14. The molecular weight excluding hydrogens is 138 g/mol. The van der Waals surface area contributed by atoms with Crippen LogP contribution in [0, 0.1) is 11.3 Å². The normalized spacial score (nSPS) is 10.4. The molecule has 0 aliphatic rings. The van der Waals surface area contributed by atoms with Crippen molar-refractivity contribution in [3.8, 4) is 6.07 Å². The molecule has 0 amide bonds. The van der Waals surface area contributed by atoms with Crippen LogP contribution in [-0.4, -0.2) is 31.0 Å². The van der Waals surface area contributed by atoms with E-state index in [1.54, 1.807) is 6.92 Å². The van der Waals surface area contributed by atoms with Gasteiger partial charge in [0.2, 0.25) is 0 Å². The maximum atomic E-state index is 11.6. The second-order valence-corrected chi connectivity index (χ2v) is 1.88. The fourth-order valence-corrected chi connectivity index (χ4v) is 0.601. The van der Waals surface area contributed by atoms with E-state index in [9.17, 15) is 8.78 Å². The molecule has 0 heterocycles. The van der Waals surface area contributed by atoms with E-state index in [0.29, 0.717) is 6.54 Å². The molecule has 0 aliphatic heterocycles. The summed E-state index contributed by atoms with van der Waals surface area (Å²) < 4.78 is 23.3. The summed E-state index contributed by atoms with van der Waals surface area (Å²) in [7, 11) is 0. The molecule has 0 aliphatic carbocycles. The van der Waals surface area contributed by atoms with E-state index < -0.39 is 6.43 Å². The highest BCUT2D eigenvalue weighted by Crippen LogP contribution is 1.96. The van der Waals surface area contributed by atoms with Gasteiger partial charge in [0.25, 0.3) is 6.43 Å². The molecule has 0 aromatic rings. The molecule has 0 unspecified atom stereocenters. The van der Waals surface area contributed by atoms with E-state index >= 15 is 0 Å². The molecule has 4 heteroatoms. The highest BCUT2D eigenvalue weighted by atomic mass is 19.3. The molecule has 0 rings (SSSR count). The van der Waals surface area contributed by atoms with E-state index in [1.807, 2.05) is 6.07 Å². The maximum absolute atomic E-state index is 11.6. The molecule has 0 N–H and O–H groups in total. The van der Waals surface area contributed by atoms with Crippen LogP contribution >= 0.6 is 0 Å². The minimum Gasteiger partial charge on any atom is -0.285 e. The second-order valence-electron chi connectivity index (χ2n) is 1.88. The summed E-state index contributed by atoms with van der Waals surface area (Å²) in [6, 6.07) is 1.82. The van der Waals surface area contributed by atoms with E-state index in [0.717, 1.165) is 0 Å². The van der Waals surface area contributed by atoms with Crippen LogP contribution in [0.25, 0.3) is 0 Å². The Morgan fingerprint density at radius 1 is 1.60 bits per heavy atom. The van der Waals surface area contributed by atoms with Gasteiger partial charge in [-0.2, -0.15) is 5.26 Å². The Hall–Kier alpha value is -0.690. The third-order valence-electron chi connectivity index (χ3n) is 1.14. The van der Waals surface area contributed by atoms with Crippen LogP contribution in [0.4, 0.5) is 8.78 Å². The van der Waals surface area contributed by atoms with Crippen LogP contribution in [-0.2, 0) is 0 Å². The largest absolute Gasteiger partial charge is 0.285 e. The Morgan fingerprint density at radius 2 is 2.20 bits per heavy atom. The van der Waals surface area contributed by atoms with Gasteiger partial charge in [-0.15, -0.1) is 0 Å². The molecule has 0 spiro atoms. The van der Waals surface area contributed by atoms with Gasteiger partial charge in [-0.25, -0.2) is 8.78 Å². The van der Waals surface area contributed by atoms with Crippen molar-refractivity contribution >= 4 is 0 Å². The molecule has 2 nitrogen and oxygen atoms in total. The average molecular weight is 148 g/mol. The molecule has 58 valence electrons. The lowest BCUT2D eigenvalue weighted by molar-refractivity contribution is 0.0970. The fourth-order valence-electron chi connectivity index (χ4n) is 0.601. The standard InChI is InChI=1S/C6H10F2N2/c1-2-10(4-3-9)5-6(7)8/h6H,2,4-5H2,1H3. The van der Waals surface area contributed by atoms with Gasteiger partial charge in [0.05, 0.1) is 19.2 Å². The SMILES string of the molecule is CCN(CC#N)CC(F)F. The molecule has 0 radical (unpaired) electrons. The molecular formula is C6H10F2N2. The number of nitrogens with zero attached hydrogens (tertiary/aromatic N) is 2. The molecule has 0 bridgehead atoms. The third-order valence-corrected chi connectivity index (χ3v) is 1.14. The fraction of sp³-hybridized carbons (Fsp3) is 0.833. The van der Waals surface area contributed by atoms with Crippen molar-refractivity contribution in [2.75, 3.05) is 19.6 Å². The first-order valence-electron chi connectivity index (χ1n) is 3.08. The van der Waals surface area contributed by atoms with Gasteiger partial charge in [0.1, 0.15) is 0 Å². The van der Waals surface area contributed by atoms with Crippen LogP contribution in [0.15, 0.2) is 0 Å². The number of hydrogen-bond acceptors (Lipinski definition) is 2. The van der Waals surface area contributed by atoms with Crippen LogP contribution < -0.4 is 0 Å². The number of alkyl halides is 2. The molecule has 0 saturated carbocycles. The van der Waals surface area contributed by atoms with Crippen molar-refractivity contribution < 1.29 is 8.78 Å². The van der Waals surface area contributed by atoms with Crippen molar-refractivity contribution in [1.82, 2.24) is 4.90 Å². The van der Waals surface area contributed by atoms with Crippen molar-refractivity contribution in [3.05, 3.63) is 0 Å². The minimum absolute atomic E-state index is 0.0842.